The second-order valence-corrected chi connectivity index (χ2v) is 3.97. The maximum absolute atomic E-state index is 5.83. The van der Waals surface area contributed by atoms with Crippen molar-refractivity contribution in [2.24, 2.45) is 0 Å². The summed E-state index contributed by atoms with van der Waals surface area (Å²) in [5, 5.41) is 2.20. The predicted molar refractivity (Wildman–Crippen MR) is 72.7 cm³/mol. The zero-order valence-electron chi connectivity index (χ0n) is 9.71. The van der Waals surface area contributed by atoms with Gasteiger partial charge in [-0.05, 0) is 23.6 Å². The molecule has 1 aromatic heterocycles. The molecule has 1 heterocycles. The molecule has 0 bridgehead atoms. The summed E-state index contributed by atoms with van der Waals surface area (Å²) in [5.41, 5.74) is 5.78. The fourth-order valence-electron chi connectivity index (χ4n) is 1.89. The Morgan fingerprint density at radius 3 is 2.50 bits per heavy atom. The molecule has 2 aromatic carbocycles. The fraction of sp³-hybridized carbons (Fsp3) is 0. The van der Waals surface area contributed by atoms with Gasteiger partial charge in [0.15, 0.2) is 11.6 Å². The van der Waals surface area contributed by atoms with Crippen molar-refractivity contribution >= 4 is 16.6 Å². The number of nitrogens with zero attached hydrogens (tertiary/aromatic N) is 1. The molecule has 0 aliphatic rings. The first-order valence-electron chi connectivity index (χ1n) is 5.71. The molecule has 0 saturated carbocycles. The van der Waals surface area contributed by atoms with Crippen molar-refractivity contribution in [3.63, 3.8) is 0 Å². The molecular formula is C15H12N2O. The van der Waals surface area contributed by atoms with E-state index in [0.29, 0.717) is 11.6 Å². The minimum Gasteiger partial charge on any atom is -0.453 e. The van der Waals surface area contributed by atoms with Crippen LogP contribution >= 0.6 is 0 Å². The molecule has 0 unspecified atom stereocenters. The fourth-order valence-corrected chi connectivity index (χ4v) is 1.89. The molecule has 0 aliphatic heterocycles. The number of pyridine rings is 1. The molecule has 0 amide bonds. The number of hydrogen-bond donors (Lipinski definition) is 1. The monoisotopic (exact) mass is 236 g/mol. The molecule has 3 aromatic rings. The molecule has 0 atom stereocenters. The standard InChI is InChI=1S/C15H12N2O/c16-15-14(9-4-10-17-15)18-13-8-3-6-11-5-1-2-7-12(11)13/h1-10H,(H2,16,17). The van der Waals surface area contributed by atoms with Crippen LogP contribution in [-0.4, -0.2) is 4.98 Å². The first-order chi connectivity index (χ1) is 8.84. The van der Waals surface area contributed by atoms with Crippen molar-refractivity contribution in [3.8, 4) is 11.5 Å². The van der Waals surface area contributed by atoms with Crippen LogP contribution in [0.2, 0.25) is 0 Å². The number of nitrogens with two attached hydrogens (primary N) is 1. The highest BCUT2D eigenvalue weighted by atomic mass is 16.5. The molecule has 0 aliphatic carbocycles. The zero-order valence-corrected chi connectivity index (χ0v) is 9.71. The van der Waals surface area contributed by atoms with E-state index in [-0.39, 0.29) is 0 Å². The van der Waals surface area contributed by atoms with Crippen LogP contribution in [0.5, 0.6) is 11.5 Å². The van der Waals surface area contributed by atoms with E-state index in [2.05, 4.69) is 17.1 Å². The van der Waals surface area contributed by atoms with Crippen LogP contribution in [0.25, 0.3) is 10.8 Å². The average Bonchev–Trinajstić information content (AvgIpc) is 2.42. The van der Waals surface area contributed by atoms with Crippen molar-refractivity contribution in [1.29, 1.82) is 0 Å². The normalized spacial score (nSPS) is 10.4. The summed E-state index contributed by atoms with van der Waals surface area (Å²) in [6, 6.07) is 17.6. The van der Waals surface area contributed by atoms with Crippen LogP contribution in [0, 0.1) is 0 Å². The van der Waals surface area contributed by atoms with Gasteiger partial charge in [0, 0.05) is 11.6 Å². The van der Waals surface area contributed by atoms with E-state index in [4.69, 9.17) is 10.5 Å². The molecule has 88 valence electrons. The lowest BCUT2D eigenvalue weighted by Gasteiger charge is -2.09. The van der Waals surface area contributed by atoms with Crippen LogP contribution in [0.15, 0.2) is 60.8 Å². The van der Waals surface area contributed by atoms with Crippen molar-refractivity contribution in [2.45, 2.75) is 0 Å². The maximum atomic E-state index is 5.83. The Bertz CT molecular complexity index is 689. The average molecular weight is 236 g/mol. The minimum atomic E-state index is 0.394. The van der Waals surface area contributed by atoms with Crippen molar-refractivity contribution in [2.75, 3.05) is 5.73 Å². The number of benzene rings is 2. The van der Waals surface area contributed by atoms with Gasteiger partial charge in [-0.15, -0.1) is 0 Å². The SMILES string of the molecule is Nc1ncccc1Oc1cccc2ccccc12. The lowest BCUT2D eigenvalue weighted by Crippen LogP contribution is -1.94. The van der Waals surface area contributed by atoms with Crippen LogP contribution in [0.1, 0.15) is 0 Å². The van der Waals surface area contributed by atoms with Crippen LogP contribution < -0.4 is 10.5 Å². The van der Waals surface area contributed by atoms with Crippen molar-refractivity contribution < 1.29 is 4.74 Å². The summed E-state index contributed by atoms with van der Waals surface area (Å²) in [6.07, 6.45) is 1.64. The highest BCUT2D eigenvalue weighted by molar-refractivity contribution is 5.88. The number of ether oxygens (including phenoxy) is 1. The third-order valence-corrected chi connectivity index (χ3v) is 2.77. The Balaban J connectivity index is 2.08. The molecule has 0 spiro atoms. The lowest BCUT2D eigenvalue weighted by atomic mass is 10.1. The van der Waals surface area contributed by atoms with Crippen molar-refractivity contribution in [1.82, 2.24) is 4.98 Å². The van der Waals surface area contributed by atoms with Crippen LogP contribution in [0.4, 0.5) is 5.82 Å². The summed E-state index contributed by atoms with van der Waals surface area (Å²) in [5.74, 6) is 1.76. The molecule has 3 rings (SSSR count). The Kier molecular flexibility index (Phi) is 2.57. The summed E-state index contributed by atoms with van der Waals surface area (Å²) in [4.78, 5) is 4.01. The summed E-state index contributed by atoms with van der Waals surface area (Å²) in [7, 11) is 0. The van der Waals surface area contributed by atoms with Gasteiger partial charge in [-0.2, -0.15) is 0 Å². The van der Waals surface area contributed by atoms with E-state index in [9.17, 15) is 0 Å². The number of anilines is 1. The minimum absolute atomic E-state index is 0.394. The number of hydrogen-bond acceptors (Lipinski definition) is 3. The molecule has 2 N–H and O–H groups in total. The molecule has 0 fully saturated rings. The van der Waals surface area contributed by atoms with Gasteiger partial charge in [0.1, 0.15) is 5.75 Å². The quantitative estimate of drug-likeness (QED) is 0.739. The van der Waals surface area contributed by atoms with Crippen LogP contribution in [-0.2, 0) is 0 Å². The van der Waals surface area contributed by atoms with Gasteiger partial charge in [-0.25, -0.2) is 4.98 Å². The largest absolute Gasteiger partial charge is 0.453 e. The smallest absolute Gasteiger partial charge is 0.169 e. The zero-order chi connectivity index (χ0) is 12.4. The highest BCUT2D eigenvalue weighted by Gasteiger charge is 2.05. The number of rotatable bonds is 2. The number of nitrogen functional groups attached to an aromatic ring is 1. The lowest BCUT2D eigenvalue weighted by molar-refractivity contribution is 0.489. The van der Waals surface area contributed by atoms with Gasteiger partial charge in [0.05, 0.1) is 0 Å². The first kappa shape index (κ1) is 10.6. The van der Waals surface area contributed by atoms with E-state index < -0.39 is 0 Å². The third kappa shape index (κ3) is 1.86. The second kappa shape index (κ2) is 4.37. The summed E-state index contributed by atoms with van der Waals surface area (Å²) >= 11 is 0. The molecule has 3 nitrogen and oxygen atoms in total. The van der Waals surface area contributed by atoms with Gasteiger partial charge in [-0.3, -0.25) is 0 Å². The third-order valence-electron chi connectivity index (χ3n) is 2.77. The molecule has 3 heteroatoms. The van der Waals surface area contributed by atoms with E-state index in [1.807, 2.05) is 36.4 Å². The molecule has 0 radical (unpaired) electrons. The van der Waals surface area contributed by atoms with E-state index in [1.54, 1.807) is 12.3 Å². The number of aromatic nitrogens is 1. The Morgan fingerprint density at radius 2 is 1.61 bits per heavy atom. The highest BCUT2D eigenvalue weighted by Crippen LogP contribution is 2.31. The number of fused-ring (bicyclic) bond motifs is 1. The molecule has 0 saturated heterocycles. The van der Waals surface area contributed by atoms with Crippen LogP contribution in [0.3, 0.4) is 0 Å². The van der Waals surface area contributed by atoms with Gasteiger partial charge in [-0.1, -0.05) is 36.4 Å². The van der Waals surface area contributed by atoms with Gasteiger partial charge >= 0.3 is 0 Å². The van der Waals surface area contributed by atoms with Crippen molar-refractivity contribution in [3.05, 3.63) is 60.8 Å². The van der Waals surface area contributed by atoms with E-state index in [1.165, 1.54) is 0 Å². The van der Waals surface area contributed by atoms with Gasteiger partial charge < -0.3 is 10.5 Å². The first-order valence-corrected chi connectivity index (χ1v) is 5.71. The Labute approximate surface area is 105 Å². The van der Waals surface area contributed by atoms with Gasteiger partial charge in [0.2, 0.25) is 0 Å². The maximum Gasteiger partial charge on any atom is 0.169 e. The Morgan fingerprint density at radius 1 is 0.833 bits per heavy atom. The molecule has 18 heavy (non-hydrogen) atoms. The summed E-state index contributed by atoms with van der Waals surface area (Å²) in [6.45, 7) is 0. The van der Waals surface area contributed by atoms with Gasteiger partial charge in [0.25, 0.3) is 0 Å². The second-order valence-electron chi connectivity index (χ2n) is 3.97. The van der Waals surface area contributed by atoms with E-state index >= 15 is 0 Å². The predicted octanol–water partition coefficient (Wildman–Crippen LogP) is 3.61. The Hall–Kier alpha value is -2.55. The molecular weight excluding hydrogens is 224 g/mol. The summed E-state index contributed by atoms with van der Waals surface area (Å²) < 4.78 is 5.83. The van der Waals surface area contributed by atoms with E-state index in [0.717, 1.165) is 16.5 Å². The topological polar surface area (TPSA) is 48.1 Å².